The number of ether oxygens (including phenoxy) is 2. The van der Waals surface area contributed by atoms with Gasteiger partial charge in [0, 0.05) is 25.9 Å². The Bertz CT molecular complexity index is 278. The van der Waals surface area contributed by atoms with Gasteiger partial charge in [-0.1, -0.05) is 27.7 Å². The third-order valence-electron chi connectivity index (χ3n) is 2.05. The Labute approximate surface area is 110 Å². The van der Waals surface area contributed by atoms with Crippen molar-refractivity contribution in [1.29, 1.82) is 0 Å². The maximum absolute atomic E-state index is 5.47. The van der Waals surface area contributed by atoms with E-state index in [0.29, 0.717) is 0 Å². The third-order valence-corrected chi connectivity index (χ3v) is 2.49. The Morgan fingerprint density at radius 1 is 1.25 bits per heavy atom. The highest BCUT2D eigenvalue weighted by molar-refractivity contribution is 14.1. The number of nitrogens with zero attached hydrogens (tertiary/aromatic N) is 1. The van der Waals surface area contributed by atoms with Gasteiger partial charge >= 0.3 is 0 Å². The molecule has 0 N–H and O–H groups in total. The van der Waals surface area contributed by atoms with Crippen LogP contribution in [0.25, 0.3) is 0 Å². The molecule has 0 spiro atoms. The van der Waals surface area contributed by atoms with Gasteiger partial charge in [-0.25, -0.2) is 0 Å². The Kier molecular flexibility index (Phi) is 7.79. The van der Waals surface area contributed by atoms with Crippen LogP contribution in [0, 0.1) is 6.92 Å². The largest absolute Gasteiger partial charge is 0.381 e. The first kappa shape index (κ1) is 13.9. The molecule has 0 aliphatic heterocycles. The zero-order chi connectivity index (χ0) is 11.6. The van der Waals surface area contributed by atoms with Gasteiger partial charge in [-0.3, -0.25) is 0 Å². The van der Waals surface area contributed by atoms with E-state index in [1.165, 1.54) is 0 Å². The lowest BCUT2D eigenvalue weighted by molar-refractivity contribution is 0.0995. The number of hydrogen-bond donors (Lipinski definition) is 0. The number of halogens is 1. The van der Waals surface area contributed by atoms with Gasteiger partial charge in [-0.05, 0) is 26.2 Å². The molecular formula is C11H18INO3. The molecule has 0 aromatic carbocycles. The van der Waals surface area contributed by atoms with Crippen LogP contribution >= 0.6 is 22.6 Å². The molecule has 1 aromatic rings. The molecule has 16 heavy (non-hydrogen) atoms. The molecule has 0 aliphatic rings. The molecule has 0 unspecified atom stereocenters. The predicted molar refractivity (Wildman–Crippen MR) is 69.8 cm³/mol. The zero-order valence-electron chi connectivity index (χ0n) is 9.58. The van der Waals surface area contributed by atoms with Crippen LogP contribution < -0.4 is 0 Å². The summed E-state index contributed by atoms with van der Waals surface area (Å²) in [6, 6.07) is 1.97. The Balaban J connectivity index is 1.88. The molecule has 4 nitrogen and oxygen atoms in total. The second kappa shape index (κ2) is 8.95. The van der Waals surface area contributed by atoms with Crippen molar-refractivity contribution < 1.29 is 14.0 Å². The molecule has 1 rings (SSSR count). The zero-order valence-corrected chi connectivity index (χ0v) is 11.7. The molecule has 0 saturated carbocycles. The summed E-state index contributed by atoms with van der Waals surface area (Å²) in [5.41, 5.74) is 1.01. The second-order valence-corrected chi connectivity index (χ2v) is 4.14. The monoisotopic (exact) mass is 339 g/mol. The van der Waals surface area contributed by atoms with Crippen molar-refractivity contribution >= 4 is 22.6 Å². The Morgan fingerprint density at radius 3 is 2.69 bits per heavy atom. The van der Waals surface area contributed by atoms with Crippen molar-refractivity contribution in [3.63, 3.8) is 0 Å². The highest BCUT2D eigenvalue weighted by Gasteiger charge is 1.99. The van der Waals surface area contributed by atoms with E-state index in [9.17, 15) is 0 Å². The van der Waals surface area contributed by atoms with Gasteiger partial charge in [0.1, 0.15) is 5.76 Å². The van der Waals surface area contributed by atoms with Gasteiger partial charge in [-0.15, -0.1) is 0 Å². The average molecular weight is 339 g/mol. The smallest absolute Gasteiger partial charge is 0.133 e. The van der Waals surface area contributed by atoms with Gasteiger partial charge in [0.2, 0.25) is 0 Å². The van der Waals surface area contributed by atoms with E-state index in [4.69, 9.17) is 14.0 Å². The van der Waals surface area contributed by atoms with Crippen LogP contribution in [0.3, 0.4) is 0 Å². The highest BCUT2D eigenvalue weighted by atomic mass is 127. The van der Waals surface area contributed by atoms with E-state index < -0.39 is 0 Å². The van der Waals surface area contributed by atoms with Crippen molar-refractivity contribution in [2.75, 3.05) is 24.4 Å². The lowest BCUT2D eigenvalue weighted by atomic mass is 10.2. The first-order chi connectivity index (χ1) is 7.83. The van der Waals surface area contributed by atoms with Gasteiger partial charge in [0.05, 0.1) is 10.3 Å². The van der Waals surface area contributed by atoms with E-state index >= 15 is 0 Å². The van der Waals surface area contributed by atoms with Crippen molar-refractivity contribution in [2.45, 2.75) is 26.2 Å². The first-order valence-electron chi connectivity index (χ1n) is 5.46. The average Bonchev–Trinajstić information content (AvgIpc) is 2.68. The van der Waals surface area contributed by atoms with Gasteiger partial charge in [-0.2, -0.15) is 0 Å². The molecule has 1 aromatic heterocycles. The molecule has 1 heterocycles. The minimum Gasteiger partial charge on any atom is -0.381 e. The van der Waals surface area contributed by atoms with Gasteiger partial charge in [0.25, 0.3) is 0 Å². The summed E-state index contributed by atoms with van der Waals surface area (Å²) in [6.07, 6.45) is 2.87. The van der Waals surface area contributed by atoms with Gasteiger partial charge < -0.3 is 14.0 Å². The number of aryl methyl sites for hydroxylation is 2. The van der Waals surface area contributed by atoms with E-state index in [1.54, 1.807) is 0 Å². The van der Waals surface area contributed by atoms with E-state index in [-0.39, 0.29) is 0 Å². The fourth-order valence-electron chi connectivity index (χ4n) is 1.31. The van der Waals surface area contributed by atoms with Crippen molar-refractivity contribution in [3.05, 3.63) is 17.5 Å². The number of alkyl halides is 1. The quantitative estimate of drug-likeness (QED) is 0.394. The van der Waals surface area contributed by atoms with E-state index in [1.807, 2.05) is 13.0 Å². The lowest BCUT2D eigenvalue weighted by Gasteiger charge is -2.03. The van der Waals surface area contributed by atoms with Crippen molar-refractivity contribution in [3.8, 4) is 0 Å². The molecule has 0 fully saturated rings. The van der Waals surface area contributed by atoms with Gasteiger partial charge in [0.15, 0.2) is 0 Å². The molecule has 5 heteroatoms. The van der Waals surface area contributed by atoms with E-state index in [0.717, 1.165) is 55.2 Å². The SMILES string of the molecule is Cc1cc(CCCOCCCOCI)no1. The van der Waals surface area contributed by atoms with Crippen LogP contribution in [0.2, 0.25) is 0 Å². The molecule has 0 bridgehead atoms. The normalized spacial score (nSPS) is 10.9. The third kappa shape index (κ3) is 6.44. The summed E-state index contributed by atoms with van der Waals surface area (Å²) in [5, 5.41) is 3.92. The summed E-state index contributed by atoms with van der Waals surface area (Å²) in [4.78, 5) is 0. The minimum atomic E-state index is 0.753. The van der Waals surface area contributed by atoms with Crippen LogP contribution in [0.1, 0.15) is 24.3 Å². The summed E-state index contributed by atoms with van der Waals surface area (Å²) in [7, 11) is 0. The van der Waals surface area contributed by atoms with Crippen LogP contribution in [-0.2, 0) is 15.9 Å². The first-order valence-corrected chi connectivity index (χ1v) is 6.99. The minimum absolute atomic E-state index is 0.753. The molecule has 0 atom stereocenters. The summed E-state index contributed by atoms with van der Waals surface area (Å²) >= 11 is 2.19. The molecule has 0 amide bonds. The number of hydrogen-bond acceptors (Lipinski definition) is 4. The second-order valence-electron chi connectivity index (χ2n) is 3.52. The fourth-order valence-corrected chi connectivity index (χ4v) is 1.62. The highest BCUT2D eigenvalue weighted by Crippen LogP contribution is 2.04. The molecule has 0 radical (unpaired) electrons. The topological polar surface area (TPSA) is 44.5 Å². The van der Waals surface area contributed by atoms with Crippen LogP contribution in [0.5, 0.6) is 0 Å². The van der Waals surface area contributed by atoms with Crippen LogP contribution in [0.4, 0.5) is 0 Å². The summed E-state index contributed by atoms with van der Waals surface area (Å²) in [6.45, 7) is 4.23. The number of aromatic nitrogens is 1. The van der Waals surface area contributed by atoms with Crippen molar-refractivity contribution in [1.82, 2.24) is 5.16 Å². The molecule has 0 aliphatic carbocycles. The Hall–Kier alpha value is -0.140. The molecule has 0 saturated heterocycles. The maximum Gasteiger partial charge on any atom is 0.133 e. The fraction of sp³-hybridized carbons (Fsp3) is 0.727. The summed E-state index contributed by atoms with van der Waals surface area (Å²) < 4.78 is 16.4. The predicted octanol–water partition coefficient (Wildman–Crippen LogP) is 2.73. The molecule has 92 valence electrons. The lowest BCUT2D eigenvalue weighted by Crippen LogP contribution is -2.02. The Morgan fingerprint density at radius 2 is 2.00 bits per heavy atom. The van der Waals surface area contributed by atoms with Crippen LogP contribution in [0.15, 0.2) is 10.6 Å². The maximum atomic E-state index is 5.47. The molecular weight excluding hydrogens is 321 g/mol. The standard InChI is InChI=1S/C11H18INO3/c1-10-8-11(13-16-10)4-2-5-14-6-3-7-15-9-12/h8H,2-7,9H2,1H3. The van der Waals surface area contributed by atoms with Crippen LogP contribution in [-0.4, -0.2) is 29.6 Å². The number of rotatable bonds is 9. The summed E-state index contributed by atoms with van der Waals surface area (Å²) in [5.74, 6) is 0.867. The van der Waals surface area contributed by atoms with Crippen molar-refractivity contribution in [2.24, 2.45) is 0 Å². The van der Waals surface area contributed by atoms with E-state index in [2.05, 4.69) is 27.7 Å².